The highest BCUT2D eigenvalue weighted by atomic mass is 16.3. The number of nitrogens with one attached hydrogen (secondary N) is 1. The summed E-state index contributed by atoms with van der Waals surface area (Å²) in [6, 6.07) is 0.321. The molecule has 0 spiro atoms. The van der Waals surface area contributed by atoms with Crippen molar-refractivity contribution in [2.75, 3.05) is 6.61 Å². The third-order valence-electron chi connectivity index (χ3n) is 4.66. The van der Waals surface area contributed by atoms with Gasteiger partial charge in [-0.25, -0.2) is 0 Å². The molecule has 1 heterocycles. The summed E-state index contributed by atoms with van der Waals surface area (Å²) in [5.74, 6) is 0.0479. The van der Waals surface area contributed by atoms with Crippen LogP contribution in [0.25, 0.3) is 0 Å². The minimum absolute atomic E-state index is 0.0479. The monoisotopic (exact) mass is 307 g/mol. The summed E-state index contributed by atoms with van der Waals surface area (Å²) in [6.07, 6.45) is 9.12. The van der Waals surface area contributed by atoms with Crippen LogP contribution in [0.1, 0.15) is 61.9 Å². The molecule has 0 unspecified atom stereocenters. The Kier molecular flexibility index (Phi) is 6.43. The average molecular weight is 307 g/mol. The van der Waals surface area contributed by atoms with Crippen molar-refractivity contribution in [1.29, 1.82) is 0 Å². The van der Waals surface area contributed by atoms with Crippen LogP contribution in [0.4, 0.5) is 0 Å². The molecule has 1 aliphatic rings. The highest BCUT2D eigenvalue weighted by molar-refractivity contribution is 5.76. The number of hydrogen-bond acceptors (Lipinski definition) is 3. The Labute approximate surface area is 133 Å². The molecule has 22 heavy (non-hydrogen) atoms. The van der Waals surface area contributed by atoms with Crippen molar-refractivity contribution < 1.29 is 9.90 Å². The fourth-order valence-electron chi connectivity index (χ4n) is 3.37. The van der Waals surface area contributed by atoms with Crippen molar-refractivity contribution in [2.45, 2.75) is 77.8 Å². The molecule has 0 aromatic carbocycles. The van der Waals surface area contributed by atoms with Gasteiger partial charge in [0.05, 0.1) is 5.69 Å². The van der Waals surface area contributed by atoms with Gasteiger partial charge in [0.1, 0.15) is 6.54 Å². The van der Waals surface area contributed by atoms with E-state index in [1.54, 1.807) is 4.68 Å². The summed E-state index contributed by atoms with van der Waals surface area (Å²) in [7, 11) is 0. The van der Waals surface area contributed by atoms with E-state index in [1.165, 1.54) is 32.1 Å². The van der Waals surface area contributed by atoms with E-state index in [1.807, 2.05) is 13.8 Å². The van der Waals surface area contributed by atoms with E-state index in [4.69, 9.17) is 5.11 Å². The van der Waals surface area contributed by atoms with E-state index in [-0.39, 0.29) is 19.1 Å². The standard InChI is InChI=1S/C17H29N3O2/c1-13-16(10-11-21)14(2)20(19-13)12-17(22)18-15-8-6-4-3-5-7-9-15/h15,21H,3-12H2,1-2H3,(H,18,22). The summed E-state index contributed by atoms with van der Waals surface area (Å²) in [5, 5.41) is 16.7. The number of carbonyl (C=O) groups excluding carboxylic acids is 1. The van der Waals surface area contributed by atoms with Crippen LogP contribution in [0.3, 0.4) is 0 Å². The molecule has 5 nitrogen and oxygen atoms in total. The highest BCUT2D eigenvalue weighted by Crippen LogP contribution is 2.17. The molecule has 0 atom stereocenters. The lowest BCUT2D eigenvalue weighted by atomic mass is 9.97. The van der Waals surface area contributed by atoms with Crippen molar-refractivity contribution in [3.8, 4) is 0 Å². The average Bonchev–Trinajstić information content (AvgIpc) is 2.70. The molecule has 124 valence electrons. The maximum atomic E-state index is 12.3. The molecule has 2 rings (SSSR count). The molecule has 0 aliphatic heterocycles. The van der Waals surface area contributed by atoms with Gasteiger partial charge >= 0.3 is 0 Å². The molecule has 1 amide bonds. The van der Waals surface area contributed by atoms with Gasteiger partial charge in [-0.2, -0.15) is 5.10 Å². The lowest BCUT2D eigenvalue weighted by molar-refractivity contribution is -0.122. The molecule has 1 saturated carbocycles. The molecule has 1 aliphatic carbocycles. The second kappa shape index (κ2) is 8.32. The maximum absolute atomic E-state index is 12.3. The molecule has 5 heteroatoms. The molecule has 0 saturated heterocycles. The third kappa shape index (κ3) is 4.57. The van der Waals surface area contributed by atoms with Gasteiger partial charge < -0.3 is 10.4 Å². The topological polar surface area (TPSA) is 67.2 Å². The van der Waals surface area contributed by atoms with Crippen molar-refractivity contribution in [2.24, 2.45) is 0 Å². The van der Waals surface area contributed by atoms with Gasteiger partial charge in [-0.3, -0.25) is 9.48 Å². The molecule has 0 bridgehead atoms. The van der Waals surface area contributed by atoms with Crippen LogP contribution < -0.4 is 5.32 Å². The van der Waals surface area contributed by atoms with Crippen LogP contribution >= 0.6 is 0 Å². The smallest absolute Gasteiger partial charge is 0.241 e. The van der Waals surface area contributed by atoms with Gasteiger partial charge in [-0.05, 0) is 38.7 Å². The number of aliphatic hydroxyl groups excluding tert-OH is 1. The van der Waals surface area contributed by atoms with E-state index >= 15 is 0 Å². The van der Waals surface area contributed by atoms with Gasteiger partial charge in [-0.1, -0.05) is 32.1 Å². The molecule has 1 aromatic rings. The minimum Gasteiger partial charge on any atom is -0.396 e. The summed E-state index contributed by atoms with van der Waals surface area (Å²) in [5.41, 5.74) is 2.95. The van der Waals surface area contributed by atoms with Crippen LogP contribution in [0.2, 0.25) is 0 Å². The third-order valence-corrected chi connectivity index (χ3v) is 4.66. The van der Waals surface area contributed by atoms with Crippen molar-refractivity contribution in [3.63, 3.8) is 0 Å². The Hall–Kier alpha value is -1.36. The summed E-state index contributed by atoms with van der Waals surface area (Å²) >= 11 is 0. The number of carbonyl (C=O) groups is 1. The fourth-order valence-corrected chi connectivity index (χ4v) is 3.37. The van der Waals surface area contributed by atoms with E-state index in [9.17, 15) is 4.79 Å². The van der Waals surface area contributed by atoms with Crippen molar-refractivity contribution in [3.05, 3.63) is 17.0 Å². The zero-order valence-electron chi connectivity index (χ0n) is 13.9. The number of nitrogens with zero attached hydrogens (tertiary/aromatic N) is 2. The largest absolute Gasteiger partial charge is 0.396 e. The molecular weight excluding hydrogens is 278 g/mol. The lowest BCUT2D eigenvalue weighted by Gasteiger charge is -2.21. The van der Waals surface area contributed by atoms with Crippen LogP contribution in [-0.4, -0.2) is 33.4 Å². The highest BCUT2D eigenvalue weighted by Gasteiger charge is 2.17. The minimum atomic E-state index is 0.0479. The number of hydrogen-bond donors (Lipinski definition) is 2. The van der Waals surface area contributed by atoms with E-state index < -0.39 is 0 Å². The van der Waals surface area contributed by atoms with Gasteiger partial charge in [-0.15, -0.1) is 0 Å². The van der Waals surface area contributed by atoms with Crippen LogP contribution in [0, 0.1) is 13.8 Å². The number of aromatic nitrogens is 2. The zero-order chi connectivity index (χ0) is 15.9. The molecular formula is C17H29N3O2. The van der Waals surface area contributed by atoms with Crippen molar-refractivity contribution in [1.82, 2.24) is 15.1 Å². The molecule has 1 fully saturated rings. The Balaban J connectivity index is 1.92. The SMILES string of the molecule is Cc1nn(CC(=O)NC2CCCCCCC2)c(C)c1CCO. The normalized spacial score (nSPS) is 17.0. The van der Waals surface area contributed by atoms with Crippen LogP contribution in [0.15, 0.2) is 0 Å². The predicted molar refractivity (Wildman–Crippen MR) is 86.7 cm³/mol. The lowest BCUT2D eigenvalue weighted by Crippen LogP contribution is -2.37. The second-order valence-electron chi connectivity index (χ2n) is 6.39. The van der Waals surface area contributed by atoms with E-state index in [0.717, 1.165) is 29.8 Å². The van der Waals surface area contributed by atoms with E-state index in [2.05, 4.69) is 10.4 Å². The number of rotatable bonds is 5. The van der Waals surface area contributed by atoms with Gasteiger partial charge in [0.25, 0.3) is 0 Å². The summed E-state index contributed by atoms with van der Waals surface area (Å²) in [6.45, 7) is 4.28. The summed E-state index contributed by atoms with van der Waals surface area (Å²) in [4.78, 5) is 12.3. The number of aliphatic hydroxyl groups is 1. The molecule has 2 N–H and O–H groups in total. The number of aryl methyl sites for hydroxylation is 1. The first kappa shape index (κ1) is 17.0. The Morgan fingerprint density at radius 1 is 1.23 bits per heavy atom. The Morgan fingerprint density at radius 2 is 1.86 bits per heavy atom. The first-order valence-corrected chi connectivity index (χ1v) is 8.55. The Bertz CT molecular complexity index is 488. The van der Waals surface area contributed by atoms with Gasteiger partial charge in [0, 0.05) is 18.3 Å². The molecule has 1 aromatic heterocycles. The number of amides is 1. The predicted octanol–water partition coefficient (Wildman–Crippen LogP) is 2.26. The first-order chi connectivity index (χ1) is 10.6. The first-order valence-electron chi connectivity index (χ1n) is 8.55. The van der Waals surface area contributed by atoms with E-state index in [0.29, 0.717) is 12.5 Å². The maximum Gasteiger partial charge on any atom is 0.241 e. The zero-order valence-corrected chi connectivity index (χ0v) is 13.9. The van der Waals surface area contributed by atoms with Crippen LogP contribution in [-0.2, 0) is 17.8 Å². The van der Waals surface area contributed by atoms with Crippen molar-refractivity contribution >= 4 is 5.91 Å². The van der Waals surface area contributed by atoms with Crippen LogP contribution in [0.5, 0.6) is 0 Å². The van der Waals surface area contributed by atoms with Gasteiger partial charge in [0.15, 0.2) is 0 Å². The second-order valence-corrected chi connectivity index (χ2v) is 6.39. The fraction of sp³-hybridized carbons (Fsp3) is 0.765. The summed E-state index contributed by atoms with van der Waals surface area (Å²) < 4.78 is 1.76. The van der Waals surface area contributed by atoms with Gasteiger partial charge in [0.2, 0.25) is 5.91 Å². The Morgan fingerprint density at radius 3 is 2.50 bits per heavy atom. The molecule has 0 radical (unpaired) electrons. The quantitative estimate of drug-likeness (QED) is 0.877.